The summed E-state index contributed by atoms with van der Waals surface area (Å²) in [6.07, 6.45) is 2.83. The van der Waals surface area contributed by atoms with E-state index in [2.05, 4.69) is 11.9 Å². The van der Waals surface area contributed by atoms with Crippen molar-refractivity contribution in [2.75, 3.05) is 0 Å². The summed E-state index contributed by atoms with van der Waals surface area (Å²) < 4.78 is 5.49. The van der Waals surface area contributed by atoms with E-state index < -0.39 is 0 Å². The maximum Gasteiger partial charge on any atom is 0.127 e. The van der Waals surface area contributed by atoms with Gasteiger partial charge in [0.25, 0.3) is 0 Å². The number of hydrogen-bond acceptors (Lipinski definition) is 3. The molecule has 1 N–H and O–H groups in total. The lowest BCUT2D eigenvalue weighted by Crippen LogP contribution is -2.13. The smallest absolute Gasteiger partial charge is 0.127 e. The van der Waals surface area contributed by atoms with Crippen LogP contribution >= 0.6 is 0 Å². The van der Waals surface area contributed by atoms with Gasteiger partial charge in [0.05, 0.1) is 17.9 Å². The Morgan fingerprint density at radius 3 is 3.20 bits per heavy atom. The third-order valence-corrected chi connectivity index (χ3v) is 3.19. The Bertz CT molecular complexity index is 391. The van der Waals surface area contributed by atoms with Gasteiger partial charge in [-0.2, -0.15) is 0 Å². The fraction of sp³-hybridized carbons (Fsp3) is 0.583. The second-order valence-electron chi connectivity index (χ2n) is 4.37. The molecule has 0 amide bonds. The average molecular weight is 205 g/mol. The molecule has 3 nitrogen and oxygen atoms in total. The lowest BCUT2D eigenvalue weighted by atomic mass is 9.93. The summed E-state index contributed by atoms with van der Waals surface area (Å²) in [5.41, 5.74) is 3.05. The first-order chi connectivity index (χ1) is 7.29. The highest BCUT2D eigenvalue weighted by molar-refractivity contribution is 5.33. The number of nitrogens with zero attached hydrogens (tertiary/aromatic N) is 1. The van der Waals surface area contributed by atoms with Crippen LogP contribution in [0.1, 0.15) is 48.9 Å². The summed E-state index contributed by atoms with van der Waals surface area (Å²) >= 11 is 0. The predicted octanol–water partition coefficient (Wildman–Crippen LogP) is 1.91. The molecular formula is C12H15NO2. The van der Waals surface area contributed by atoms with Crippen LogP contribution in [0.4, 0.5) is 0 Å². The topological polar surface area (TPSA) is 45.7 Å². The predicted molar refractivity (Wildman–Crippen MR) is 55.4 cm³/mol. The number of ether oxygens (including phenoxy) is 1. The van der Waals surface area contributed by atoms with Gasteiger partial charge in [0, 0.05) is 17.7 Å². The first kappa shape index (κ1) is 9.31. The highest BCUT2D eigenvalue weighted by atomic mass is 16.6. The van der Waals surface area contributed by atoms with Crippen molar-refractivity contribution in [3.8, 4) is 0 Å². The Morgan fingerprint density at radius 2 is 2.40 bits per heavy atom. The fourth-order valence-electron chi connectivity index (χ4n) is 2.34. The SMILES string of the molecule is CCCc1ccc2c(n1)C1OC1CC2O. The van der Waals surface area contributed by atoms with Crippen LogP contribution < -0.4 is 0 Å². The number of hydrogen-bond donors (Lipinski definition) is 1. The molecular weight excluding hydrogens is 190 g/mol. The number of aryl methyl sites for hydroxylation is 1. The van der Waals surface area contributed by atoms with Gasteiger partial charge in [0.15, 0.2) is 0 Å². The second-order valence-corrected chi connectivity index (χ2v) is 4.37. The maximum absolute atomic E-state index is 9.86. The van der Waals surface area contributed by atoms with E-state index in [-0.39, 0.29) is 18.3 Å². The van der Waals surface area contributed by atoms with Gasteiger partial charge in [-0.3, -0.25) is 4.98 Å². The molecule has 3 unspecified atom stereocenters. The Hall–Kier alpha value is -0.930. The van der Waals surface area contributed by atoms with Crippen LogP contribution in [-0.2, 0) is 11.2 Å². The normalized spacial score (nSPS) is 32.0. The number of rotatable bonds is 2. The van der Waals surface area contributed by atoms with Gasteiger partial charge < -0.3 is 9.84 Å². The van der Waals surface area contributed by atoms with Gasteiger partial charge in [-0.25, -0.2) is 0 Å². The molecule has 1 saturated heterocycles. The van der Waals surface area contributed by atoms with Crippen LogP contribution in [0, 0.1) is 0 Å². The standard InChI is InChI=1S/C12H15NO2/c1-2-3-7-4-5-8-9(14)6-10-12(15-10)11(8)13-7/h4-5,9-10,12,14H,2-3,6H2,1H3. The molecule has 1 aromatic heterocycles. The highest BCUT2D eigenvalue weighted by Crippen LogP contribution is 2.49. The summed E-state index contributed by atoms with van der Waals surface area (Å²) in [7, 11) is 0. The number of epoxide rings is 1. The fourth-order valence-corrected chi connectivity index (χ4v) is 2.34. The molecule has 1 fully saturated rings. The van der Waals surface area contributed by atoms with Crippen molar-refractivity contribution in [1.82, 2.24) is 4.98 Å². The first-order valence-electron chi connectivity index (χ1n) is 5.63. The molecule has 15 heavy (non-hydrogen) atoms. The molecule has 0 saturated carbocycles. The largest absolute Gasteiger partial charge is 0.388 e. The maximum atomic E-state index is 9.86. The summed E-state index contributed by atoms with van der Waals surface area (Å²) in [6.45, 7) is 2.15. The lowest BCUT2D eigenvalue weighted by Gasteiger charge is -2.17. The van der Waals surface area contributed by atoms with E-state index in [0.717, 1.165) is 36.2 Å². The molecule has 1 aliphatic carbocycles. The van der Waals surface area contributed by atoms with Crippen molar-refractivity contribution in [3.05, 3.63) is 29.1 Å². The van der Waals surface area contributed by atoms with Gasteiger partial charge in [0.2, 0.25) is 0 Å². The molecule has 3 atom stereocenters. The molecule has 0 radical (unpaired) electrons. The molecule has 0 aromatic carbocycles. The van der Waals surface area contributed by atoms with E-state index in [1.54, 1.807) is 0 Å². The van der Waals surface area contributed by atoms with E-state index in [0.29, 0.717) is 0 Å². The van der Waals surface area contributed by atoms with E-state index in [1.165, 1.54) is 0 Å². The summed E-state index contributed by atoms with van der Waals surface area (Å²) in [5.74, 6) is 0. The monoisotopic (exact) mass is 205 g/mol. The quantitative estimate of drug-likeness (QED) is 0.750. The molecule has 80 valence electrons. The van der Waals surface area contributed by atoms with Crippen LogP contribution in [0.15, 0.2) is 12.1 Å². The highest BCUT2D eigenvalue weighted by Gasteiger charge is 2.48. The Balaban J connectivity index is 1.99. The van der Waals surface area contributed by atoms with Crippen LogP contribution in [0.5, 0.6) is 0 Å². The van der Waals surface area contributed by atoms with Crippen LogP contribution in [0.2, 0.25) is 0 Å². The zero-order chi connectivity index (χ0) is 10.4. The minimum atomic E-state index is -0.382. The molecule has 2 heterocycles. The summed E-state index contributed by atoms with van der Waals surface area (Å²) in [5, 5.41) is 9.86. The third kappa shape index (κ3) is 1.46. The summed E-state index contributed by atoms with van der Waals surface area (Å²) in [6, 6.07) is 4.03. The Kier molecular flexibility index (Phi) is 2.04. The molecule has 1 aromatic rings. The van der Waals surface area contributed by atoms with Gasteiger partial charge in [0.1, 0.15) is 6.10 Å². The van der Waals surface area contributed by atoms with Crippen molar-refractivity contribution in [2.45, 2.75) is 44.5 Å². The molecule has 1 aliphatic heterocycles. The number of aliphatic hydroxyl groups excluding tert-OH is 1. The van der Waals surface area contributed by atoms with Crippen molar-refractivity contribution >= 4 is 0 Å². The van der Waals surface area contributed by atoms with Gasteiger partial charge >= 0.3 is 0 Å². The van der Waals surface area contributed by atoms with E-state index in [9.17, 15) is 5.11 Å². The number of pyridine rings is 1. The van der Waals surface area contributed by atoms with E-state index >= 15 is 0 Å². The molecule has 3 heteroatoms. The van der Waals surface area contributed by atoms with Crippen molar-refractivity contribution < 1.29 is 9.84 Å². The van der Waals surface area contributed by atoms with E-state index in [1.807, 2.05) is 12.1 Å². The zero-order valence-electron chi connectivity index (χ0n) is 8.81. The van der Waals surface area contributed by atoms with Crippen molar-refractivity contribution in [2.24, 2.45) is 0 Å². The van der Waals surface area contributed by atoms with Crippen LogP contribution in [0.25, 0.3) is 0 Å². The number of aliphatic hydroxyl groups is 1. The van der Waals surface area contributed by atoms with Gasteiger partial charge in [-0.1, -0.05) is 19.4 Å². The third-order valence-electron chi connectivity index (χ3n) is 3.19. The minimum absolute atomic E-state index is 0.167. The molecule has 0 spiro atoms. The summed E-state index contributed by atoms with van der Waals surface area (Å²) in [4.78, 5) is 4.59. The average Bonchev–Trinajstić information content (AvgIpc) is 2.97. The minimum Gasteiger partial charge on any atom is -0.388 e. The number of aromatic nitrogens is 1. The Morgan fingerprint density at radius 1 is 1.53 bits per heavy atom. The van der Waals surface area contributed by atoms with Crippen molar-refractivity contribution in [3.63, 3.8) is 0 Å². The molecule has 0 bridgehead atoms. The lowest BCUT2D eigenvalue weighted by molar-refractivity contribution is 0.153. The number of fused-ring (bicyclic) bond motifs is 3. The van der Waals surface area contributed by atoms with Crippen LogP contribution in [0.3, 0.4) is 0 Å². The molecule has 2 aliphatic rings. The van der Waals surface area contributed by atoms with Crippen LogP contribution in [-0.4, -0.2) is 16.2 Å². The molecule has 3 rings (SSSR count). The zero-order valence-corrected chi connectivity index (χ0v) is 8.81. The van der Waals surface area contributed by atoms with Gasteiger partial charge in [-0.05, 0) is 12.5 Å². The van der Waals surface area contributed by atoms with E-state index in [4.69, 9.17) is 4.74 Å². The van der Waals surface area contributed by atoms with Gasteiger partial charge in [-0.15, -0.1) is 0 Å². The van der Waals surface area contributed by atoms with Crippen molar-refractivity contribution in [1.29, 1.82) is 0 Å². The first-order valence-corrected chi connectivity index (χ1v) is 5.63. The Labute approximate surface area is 89.1 Å². The second kappa shape index (κ2) is 3.29.